The molecule has 0 aliphatic rings. The predicted octanol–water partition coefficient (Wildman–Crippen LogP) is 6.56. The number of rotatable bonds is 5. The van der Waals surface area contributed by atoms with Gasteiger partial charge in [-0.1, -0.05) is 53.9 Å². The maximum absolute atomic E-state index is 6.35. The standard InChI is InChI=1S/C14H13BrCl3NS/c1-2-6-19-13(11-7-9(15)14(18)20-11)8-4-3-5-10(16)12(8)17/h3-5,7,13,19H,2,6H2,1H3. The van der Waals surface area contributed by atoms with Crippen LogP contribution in [0.5, 0.6) is 0 Å². The third-order valence-electron chi connectivity index (χ3n) is 2.84. The van der Waals surface area contributed by atoms with Crippen molar-refractivity contribution in [1.82, 2.24) is 5.32 Å². The van der Waals surface area contributed by atoms with Crippen molar-refractivity contribution in [3.05, 3.63) is 53.6 Å². The molecular formula is C14H13BrCl3NS. The molecule has 0 aliphatic carbocycles. The monoisotopic (exact) mass is 411 g/mol. The van der Waals surface area contributed by atoms with Crippen molar-refractivity contribution in [2.24, 2.45) is 0 Å². The summed E-state index contributed by atoms with van der Waals surface area (Å²) in [5.74, 6) is 0. The van der Waals surface area contributed by atoms with E-state index >= 15 is 0 Å². The Morgan fingerprint density at radius 2 is 2.05 bits per heavy atom. The predicted molar refractivity (Wildman–Crippen MR) is 93.6 cm³/mol. The molecule has 108 valence electrons. The maximum atomic E-state index is 6.35. The van der Waals surface area contributed by atoms with E-state index in [0.717, 1.165) is 32.2 Å². The highest BCUT2D eigenvalue weighted by molar-refractivity contribution is 9.10. The molecule has 6 heteroatoms. The molecule has 1 heterocycles. The molecule has 1 unspecified atom stereocenters. The Morgan fingerprint density at radius 3 is 2.65 bits per heavy atom. The minimum absolute atomic E-state index is 0.00468. The van der Waals surface area contributed by atoms with E-state index in [1.54, 1.807) is 6.07 Å². The summed E-state index contributed by atoms with van der Waals surface area (Å²) in [6.07, 6.45) is 1.04. The van der Waals surface area contributed by atoms with Crippen LogP contribution in [0.25, 0.3) is 0 Å². The molecule has 0 amide bonds. The van der Waals surface area contributed by atoms with Crippen LogP contribution < -0.4 is 5.32 Å². The molecule has 0 saturated heterocycles. The summed E-state index contributed by atoms with van der Waals surface area (Å²) in [7, 11) is 0. The Kier molecular flexibility index (Phi) is 6.21. The molecule has 0 bridgehead atoms. The average molecular weight is 414 g/mol. The van der Waals surface area contributed by atoms with Crippen LogP contribution in [0.3, 0.4) is 0 Å². The summed E-state index contributed by atoms with van der Waals surface area (Å²) in [5.41, 5.74) is 0.970. The third kappa shape index (κ3) is 3.70. The number of halogens is 4. The van der Waals surface area contributed by atoms with Gasteiger partial charge in [0.1, 0.15) is 4.34 Å². The first kappa shape index (κ1) is 16.6. The third-order valence-corrected chi connectivity index (χ3v) is 6.21. The van der Waals surface area contributed by atoms with Crippen LogP contribution in [0.15, 0.2) is 28.7 Å². The van der Waals surface area contributed by atoms with Gasteiger partial charge < -0.3 is 5.32 Å². The molecule has 20 heavy (non-hydrogen) atoms. The molecule has 0 radical (unpaired) electrons. The van der Waals surface area contributed by atoms with Crippen molar-refractivity contribution in [3.63, 3.8) is 0 Å². The molecule has 2 aromatic rings. The van der Waals surface area contributed by atoms with Crippen molar-refractivity contribution >= 4 is 62.1 Å². The highest BCUT2D eigenvalue weighted by Crippen LogP contribution is 2.40. The van der Waals surface area contributed by atoms with Gasteiger partial charge in [0.15, 0.2) is 0 Å². The van der Waals surface area contributed by atoms with Gasteiger partial charge in [0.05, 0.1) is 16.1 Å². The second-order valence-corrected chi connectivity index (χ2v) is 7.63. The van der Waals surface area contributed by atoms with Gasteiger partial charge in [-0.05, 0) is 46.6 Å². The van der Waals surface area contributed by atoms with Crippen LogP contribution >= 0.6 is 62.1 Å². The van der Waals surface area contributed by atoms with E-state index in [1.807, 2.05) is 18.2 Å². The van der Waals surface area contributed by atoms with Gasteiger partial charge in [-0.15, -0.1) is 11.3 Å². The zero-order valence-electron chi connectivity index (χ0n) is 10.7. The smallest absolute Gasteiger partial charge is 0.107 e. The maximum Gasteiger partial charge on any atom is 0.107 e. The first-order chi connectivity index (χ1) is 9.54. The van der Waals surface area contributed by atoms with Gasteiger partial charge in [0.25, 0.3) is 0 Å². The van der Waals surface area contributed by atoms with Crippen LogP contribution in [-0.4, -0.2) is 6.54 Å². The molecule has 1 N–H and O–H groups in total. The van der Waals surface area contributed by atoms with Gasteiger partial charge in [-0.2, -0.15) is 0 Å². The zero-order chi connectivity index (χ0) is 14.7. The fraction of sp³-hybridized carbons (Fsp3) is 0.286. The quantitative estimate of drug-likeness (QED) is 0.585. The molecule has 1 aromatic carbocycles. The Bertz CT molecular complexity index is 581. The molecule has 1 atom stereocenters. The largest absolute Gasteiger partial charge is 0.306 e. The molecule has 0 aliphatic heterocycles. The summed E-state index contributed by atoms with van der Waals surface area (Å²) in [6.45, 7) is 3.02. The molecule has 0 spiro atoms. The Labute approximate surface area is 146 Å². The van der Waals surface area contributed by atoms with Crippen molar-refractivity contribution in [2.75, 3.05) is 6.54 Å². The number of nitrogens with one attached hydrogen (secondary N) is 1. The molecule has 1 nitrogen and oxygen atoms in total. The minimum Gasteiger partial charge on any atom is -0.306 e. The SMILES string of the molecule is CCCNC(c1cc(Br)c(Cl)s1)c1cccc(Cl)c1Cl. The molecule has 0 saturated carbocycles. The Balaban J connectivity index is 2.44. The Hall–Kier alpha value is 0.230. The topological polar surface area (TPSA) is 12.0 Å². The van der Waals surface area contributed by atoms with E-state index in [2.05, 4.69) is 28.2 Å². The lowest BCUT2D eigenvalue weighted by Gasteiger charge is -2.19. The van der Waals surface area contributed by atoms with Gasteiger partial charge >= 0.3 is 0 Å². The number of hydrogen-bond donors (Lipinski definition) is 1. The van der Waals surface area contributed by atoms with Gasteiger partial charge in [0, 0.05) is 9.35 Å². The summed E-state index contributed by atoms with van der Waals surface area (Å²) in [6, 6.07) is 7.71. The van der Waals surface area contributed by atoms with Crippen LogP contribution in [-0.2, 0) is 0 Å². The van der Waals surface area contributed by atoms with Gasteiger partial charge in [0.2, 0.25) is 0 Å². The van der Waals surface area contributed by atoms with Crippen LogP contribution in [0.2, 0.25) is 14.4 Å². The highest BCUT2D eigenvalue weighted by atomic mass is 79.9. The summed E-state index contributed by atoms with van der Waals surface area (Å²) >= 11 is 23.6. The molecular weight excluding hydrogens is 400 g/mol. The van der Waals surface area contributed by atoms with Crippen LogP contribution in [0, 0.1) is 0 Å². The van der Waals surface area contributed by atoms with Crippen molar-refractivity contribution in [1.29, 1.82) is 0 Å². The van der Waals surface area contributed by atoms with E-state index in [9.17, 15) is 0 Å². The second kappa shape index (κ2) is 7.48. The lowest BCUT2D eigenvalue weighted by atomic mass is 10.1. The summed E-state index contributed by atoms with van der Waals surface area (Å²) in [4.78, 5) is 1.11. The average Bonchev–Trinajstić information content (AvgIpc) is 2.74. The van der Waals surface area contributed by atoms with Crippen LogP contribution in [0.1, 0.15) is 29.8 Å². The van der Waals surface area contributed by atoms with Crippen molar-refractivity contribution in [2.45, 2.75) is 19.4 Å². The highest BCUT2D eigenvalue weighted by Gasteiger charge is 2.20. The normalized spacial score (nSPS) is 12.7. The second-order valence-electron chi connectivity index (χ2n) is 4.30. The van der Waals surface area contributed by atoms with Gasteiger partial charge in [-0.25, -0.2) is 0 Å². The van der Waals surface area contributed by atoms with Crippen molar-refractivity contribution in [3.8, 4) is 0 Å². The van der Waals surface area contributed by atoms with E-state index < -0.39 is 0 Å². The zero-order valence-corrected chi connectivity index (χ0v) is 15.4. The lowest BCUT2D eigenvalue weighted by Crippen LogP contribution is -2.22. The van der Waals surface area contributed by atoms with E-state index in [-0.39, 0.29) is 6.04 Å². The molecule has 0 fully saturated rings. The van der Waals surface area contributed by atoms with Crippen LogP contribution in [0.4, 0.5) is 0 Å². The van der Waals surface area contributed by atoms with Crippen molar-refractivity contribution < 1.29 is 0 Å². The summed E-state index contributed by atoms with van der Waals surface area (Å²) < 4.78 is 1.64. The fourth-order valence-electron chi connectivity index (χ4n) is 1.90. The fourth-order valence-corrected chi connectivity index (χ4v) is 4.15. The summed E-state index contributed by atoms with van der Waals surface area (Å²) in [5, 5.41) is 4.65. The van der Waals surface area contributed by atoms with E-state index in [0.29, 0.717) is 10.0 Å². The number of thiophene rings is 1. The lowest BCUT2D eigenvalue weighted by molar-refractivity contribution is 0.606. The first-order valence-electron chi connectivity index (χ1n) is 6.16. The molecule has 2 rings (SSSR count). The number of hydrogen-bond acceptors (Lipinski definition) is 2. The van der Waals surface area contributed by atoms with E-state index in [1.165, 1.54) is 11.3 Å². The first-order valence-corrected chi connectivity index (χ1v) is 8.91. The van der Waals surface area contributed by atoms with E-state index in [4.69, 9.17) is 34.8 Å². The molecule has 1 aromatic heterocycles. The number of benzene rings is 1. The minimum atomic E-state index is -0.00468. The van der Waals surface area contributed by atoms with Gasteiger partial charge in [-0.3, -0.25) is 0 Å². The Morgan fingerprint density at radius 1 is 1.30 bits per heavy atom.